The zero-order chi connectivity index (χ0) is 26.8. The fourth-order valence-corrected chi connectivity index (χ4v) is 6.23. The van der Waals surface area contributed by atoms with Gasteiger partial charge in [-0.25, -0.2) is 22.5 Å². The third-order valence-corrected chi connectivity index (χ3v) is 8.09. The summed E-state index contributed by atoms with van der Waals surface area (Å²) in [6.07, 6.45) is 8.02. The number of fused-ring (bicyclic) bond motifs is 1. The van der Waals surface area contributed by atoms with Gasteiger partial charge in [-0.3, -0.25) is 4.79 Å². The first-order chi connectivity index (χ1) is 18.4. The van der Waals surface area contributed by atoms with E-state index < -0.39 is 35.4 Å². The number of hydrogen-bond acceptors (Lipinski definition) is 3. The molecule has 2 saturated carbocycles. The number of rotatable bonds is 7. The highest BCUT2D eigenvalue weighted by molar-refractivity contribution is 5.85. The molecule has 1 amide bonds. The molecule has 0 radical (unpaired) electrons. The molecule has 2 unspecified atom stereocenters. The fourth-order valence-electron chi connectivity index (χ4n) is 6.23. The molecule has 2 aromatic carbocycles. The van der Waals surface area contributed by atoms with Crippen LogP contribution in [0.4, 0.5) is 17.6 Å². The Morgan fingerprint density at radius 2 is 1.53 bits per heavy atom. The molecule has 1 heterocycles. The second-order valence-electron chi connectivity index (χ2n) is 10.5. The lowest BCUT2D eigenvalue weighted by Crippen LogP contribution is -2.44. The predicted octanol–water partition coefficient (Wildman–Crippen LogP) is 6.90. The molecule has 0 saturated heterocycles. The molecule has 2 aliphatic carbocycles. The van der Waals surface area contributed by atoms with E-state index in [2.05, 4.69) is 10.3 Å². The van der Waals surface area contributed by atoms with Gasteiger partial charge in [-0.2, -0.15) is 0 Å². The minimum Gasteiger partial charge on any atom is -0.369 e. The lowest BCUT2D eigenvalue weighted by atomic mass is 9.82. The summed E-state index contributed by atoms with van der Waals surface area (Å²) in [6, 6.07) is 4.64. The van der Waals surface area contributed by atoms with Crippen molar-refractivity contribution >= 4 is 16.9 Å². The summed E-state index contributed by atoms with van der Waals surface area (Å²) in [5, 5.41) is 3.20. The summed E-state index contributed by atoms with van der Waals surface area (Å²) in [6.45, 7) is 0. The molecule has 3 aromatic rings. The highest BCUT2D eigenvalue weighted by atomic mass is 19.2. The molecule has 2 atom stereocenters. The summed E-state index contributed by atoms with van der Waals surface area (Å²) in [7, 11) is 1.29. The minimum absolute atomic E-state index is 0.0250. The third-order valence-electron chi connectivity index (χ3n) is 8.09. The van der Waals surface area contributed by atoms with Gasteiger partial charge in [0.1, 0.15) is 29.6 Å². The van der Waals surface area contributed by atoms with Crippen molar-refractivity contribution in [3.05, 3.63) is 65.0 Å². The minimum atomic E-state index is -1.34. The van der Waals surface area contributed by atoms with Gasteiger partial charge < -0.3 is 14.6 Å². The van der Waals surface area contributed by atoms with Gasteiger partial charge in [-0.1, -0.05) is 44.6 Å². The van der Waals surface area contributed by atoms with E-state index >= 15 is 0 Å². The first-order valence-corrected chi connectivity index (χ1v) is 13.5. The van der Waals surface area contributed by atoms with Gasteiger partial charge in [0.05, 0.1) is 16.6 Å². The number of nitrogens with zero attached hydrogens (tertiary/aromatic N) is 2. The van der Waals surface area contributed by atoms with E-state index in [0.29, 0.717) is 0 Å². The van der Waals surface area contributed by atoms with E-state index in [4.69, 9.17) is 4.74 Å². The number of hydrogen-bond donors (Lipinski definition) is 1. The average molecular weight is 532 g/mol. The van der Waals surface area contributed by atoms with Gasteiger partial charge in [0.15, 0.2) is 11.6 Å². The number of halogens is 4. The van der Waals surface area contributed by atoms with Crippen LogP contribution in [0.5, 0.6) is 0 Å². The van der Waals surface area contributed by atoms with Crippen LogP contribution < -0.4 is 5.32 Å². The maximum atomic E-state index is 15.0. The van der Waals surface area contributed by atoms with Crippen LogP contribution in [0, 0.1) is 29.2 Å². The zero-order valence-electron chi connectivity index (χ0n) is 21.5. The number of methoxy groups -OCH3 is 1. The van der Waals surface area contributed by atoms with E-state index in [1.54, 1.807) is 4.57 Å². The van der Waals surface area contributed by atoms with Gasteiger partial charge in [0.2, 0.25) is 5.91 Å². The first-order valence-electron chi connectivity index (χ1n) is 13.5. The van der Waals surface area contributed by atoms with Crippen molar-refractivity contribution in [1.29, 1.82) is 0 Å². The molecule has 204 valence electrons. The quantitative estimate of drug-likeness (QED) is 0.338. The topological polar surface area (TPSA) is 56.2 Å². The summed E-state index contributed by atoms with van der Waals surface area (Å²) < 4.78 is 65.9. The summed E-state index contributed by atoms with van der Waals surface area (Å²) in [5.74, 6) is -4.18. The molecule has 0 spiro atoms. The van der Waals surface area contributed by atoms with E-state index in [1.807, 2.05) is 0 Å². The smallest absolute Gasteiger partial charge is 0.243 e. The van der Waals surface area contributed by atoms with E-state index in [-0.39, 0.29) is 40.3 Å². The van der Waals surface area contributed by atoms with Crippen LogP contribution >= 0.6 is 0 Å². The first kappa shape index (κ1) is 26.7. The Bertz CT molecular complexity index is 1280. The molecule has 1 aromatic heterocycles. The molecule has 1 N–H and O–H groups in total. The van der Waals surface area contributed by atoms with Crippen molar-refractivity contribution in [2.24, 2.45) is 5.92 Å². The highest BCUT2D eigenvalue weighted by Crippen LogP contribution is 2.40. The fraction of sp³-hybridized carbons (Fsp3) is 0.517. The number of benzene rings is 2. The van der Waals surface area contributed by atoms with Gasteiger partial charge in [-0.05, 0) is 43.7 Å². The lowest BCUT2D eigenvalue weighted by molar-refractivity contribution is -0.127. The van der Waals surface area contributed by atoms with E-state index in [0.717, 1.165) is 88.5 Å². The van der Waals surface area contributed by atoms with Gasteiger partial charge in [0, 0.05) is 25.3 Å². The van der Waals surface area contributed by atoms with Crippen molar-refractivity contribution in [2.75, 3.05) is 7.11 Å². The number of carbonyl (C=O) groups is 1. The summed E-state index contributed by atoms with van der Waals surface area (Å²) in [5.41, 5.74) is -0.0985. The number of amides is 1. The van der Waals surface area contributed by atoms with E-state index in [9.17, 15) is 22.4 Å². The van der Waals surface area contributed by atoms with Crippen molar-refractivity contribution in [3.63, 3.8) is 0 Å². The monoisotopic (exact) mass is 531 g/mol. The van der Waals surface area contributed by atoms with Gasteiger partial charge in [-0.15, -0.1) is 0 Å². The standard InChI is InChI=1S/C29H33F4N3O2/c1-38-27(25-19(30)13-8-14-20(25)31)28-35-23-15-21(32)22(33)16-24(23)36(28)26(17-9-4-2-5-10-17)29(37)34-18-11-6-3-7-12-18/h8,13-18,26-27H,2-7,9-12H2,1H3,(H,34,37). The van der Waals surface area contributed by atoms with Crippen molar-refractivity contribution in [2.45, 2.75) is 82.4 Å². The Morgan fingerprint density at radius 1 is 0.921 bits per heavy atom. The van der Waals surface area contributed by atoms with Crippen molar-refractivity contribution < 1.29 is 27.1 Å². The molecule has 2 fully saturated rings. The Morgan fingerprint density at radius 3 is 2.16 bits per heavy atom. The predicted molar refractivity (Wildman–Crippen MR) is 135 cm³/mol. The molecule has 38 heavy (non-hydrogen) atoms. The van der Waals surface area contributed by atoms with Crippen LogP contribution in [0.15, 0.2) is 30.3 Å². The third kappa shape index (κ3) is 5.17. The summed E-state index contributed by atoms with van der Waals surface area (Å²) in [4.78, 5) is 18.5. The molecule has 2 aliphatic rings. The normalized spacial score (nSPS) is 19.0. The van der Waals surface area contributed by atoms with Gasteiger partial charge in [0.25, 0.3) is 0 Å². The van der Waals surface area contributed by atoms with Crippen LogP contribution in [-0.4, -0.2) is 28.6 Å². The Kier molecular flexibility index (Phi) is 8.02. The molecule has 0 aliphatic heterocycles. The van der Waals surface area contributed by atoms with E-state index in [1.165, 1.54) is 13.2 Å². The number of imidazole rings is 1. The number of nitrogens with one attached hydrogen (secondary N) is 1. The Hall–Kier alpha value is -2.94. The SMILES string of the molecule is COC(c1c(F)cccc1F)c1nc2cc(F)c(F)cc2n1C(C(=O)NC1CCCCC1)C1CCCCC1. The molecule has 9 heteroatoms. The van der Waals surface area contributed by atoms with Crippen molar-refractivity contribution in [1.82, 2.24) is 14.9 Å². The molecule has 5 nitrogen and oxygen atoms in total. The molecular weight excluding hydrogens is 498 g/mol. The lowest BCUT2D eigenvalue weighted by Gasteiger charge is -2.34. The number of aromatic nitrogens is 2. The summed E-state index contributed by atoms with van der Waals surface area (Å²) >= 11 is 0. The number of ether oxygens (including phenoxy) is 1. The Balaban J connectivity index is 1.70. The molecule has 5 rings (SSSR count). The maximum Gasteiger partial charge on any atom is 0.243 e. The maximum absolute atomic E-state index is 15.0. The molecular formula is C29H33F4N3O2. The molecule has 0 bridgehead atoms. The van der Waals surface area contributed by atoms with Crippen LogP contribution in [0.3, 0.4) is 0 Å². The highest BCUT2D eigenvalue weighted by Gasteiger charge is 2.38. The van der Waals surface area contributed by atoms with Crippen molar-refractivity contribution in [3.8, 4) is 0 Å². The van der Waals surface area contributed by atoms with Crippen LogP contribution in [0.25, 0.3) is 11.0 Å². The average Bonchev–Trinajstić information content (AvgIpc) is 3.25. The van der Waals surface area contributed by atoms with Gasteiger partial charge >= 0.3 is 0 Å². The van der Waals surface area contributed by atoms with Crippen LogP contribution in [-0.2, 0) is 9.53 Å². The largest absolute Gasteiger partial charge is 0.369 e. The Labute approximate surface area is 219 Å². The van der Waals surface area contributed by atoms with Crippen LogP contribution in [0.2, 0.25) is 0 Å². The number of carbonyl (C=O) groups excluding carboxylic acids is 1. The second-order valence-corrected chi connectivity index (χ2v) is 10.5. The second kappa shape index (κ2) is 11.4. The van der Waals surface area contributed by atoms with Crippen LogP contribution in [0.1, 0.15) is 87.7 Å². The zero-order valence-corrected chi connectivity index (χ0v) is 21.5.